The van der Waals surface area contributed by atoms with E-state index < -0.39 is 0 Å². The quantitative estimate of drug-likeness (QED) is 0.929. The summed E-state index contributed by atoms with van der Waals surface area (Å²) in [5.41, 5.74) is 1.01. The van der Waals surface area contributed by atoms with Gasteiger partial charge in [-0.1, -0.05) is 12.1 Å². The van der Waals surface area contributed by atoms with Gasteiger partial charge in [0.1, 0.15) is 5.82 Å². The zero-order valence-electron chi connectivity index (χ0n) is 11.9. The number of carbonyl (C=O) groups excluding carboxylic acids is 1. The lowest BCUT2D eigenvalue weighted by Crippen LogP contribution is -2.57. The summed E-state index contributed by atoms with van der Waals surface area (Å²) in [6.45, 7) is 5.80. The highest BCUT2D eigenvalue weighted by atomic mass is 35.5. The normalized spacial score (nSPS) is 22.2. The Bertz CT molecular complexity index is 438. The van der Waals surface area contributed by atoms with Gasteiger partial charge < -0.3 is 10.2 Å². The van der Waals surface area contributed by atoms with Crippen LogP contribution in [0.25, 0.3) is 0 Å². The number of rotatable bonds is 3. The highest BCUT2D eigenvalue weighted by Crippen LogP contribution is 2.12. The minimum Gasteiger partial charge on any atom is -0.337 e. The van der Waals surface area contributed by atoms with Crippen molar-refractivity contribution in [3.8, 4) is 0 Å². The van der Waals surface area contributed by atoms with Crippen LogP contribution in [0, 0.1) is 5.82 Å². The molecule has 2 atom stereocenters. The first-order chi connectivity index (χ1) is 9.08. The van der Waals surface area contributed by atoms with Crippen molar-refractivity contribution in [2.75, 3.05) is 13.1 Å². The van der Waals surface area contributed by atoms with E-state index in [2.05, 4.69) is 19.2 Å². The first kappa shape index (κ1) is 16.9. The van der Waals surface area contributed by atoms with E-state index >= 15 is 0 Å². The van der Waals surface area contributed by atoms with Crippen LogP contribution >= 0.6 is 12.4 Å². The maximum atomic E-state index is 12.8. The standard InChI is InChI=1S/C15H21FN2O.ClH/c1-11-12(2)18(10-9-17-11)15(19)8-5-13-3-6-14(16)7-4-13;/h3-4,6-7,11-12,17H,5,8-10H2,1-2H3;1H. The average Bonchev–Trinajstić information content (AvgIpc) is 2.41. The number of hydrogen-bond acceptors (Lipinski definition) is 2. The fourth-order valence-electron chi connectivity index (χ4n) is 2.45. The number of amides is 1. The van der Waals surface area contributed by atoms with E-state index in [1.807, 2.05) is 4.90 Å². The minimum atomic E-state index is -0.236. The lowest BCUT2D eigenvalue weighted by molar-refractivity contribution is -0.134. The molecule has 1 heterocycles. The molecule has 1 saturated heterocycles. The Morgan fingerprint density at radius 3 is 2.65 bits per heavy atom. The molecule has 1 aliphatic rings. The van der Waals surface area contributed by atoms with Crippen molar-refractivity contribution < 1.29 is 9.18 Å². The molecule has 0 spiro atoms. The van der Waals surface area contributed by atoms with Crippen LogP contribution in [0.3, 0.4) is 0 Å². The summed E-state index contributed by atoms with van der Waals surface area (Å²) in [6.07, 6.45) is 1.16. The van der Waals surface area contributed by atoms with Crippen LogP contribution < -0.4 is 5.32 Å². The molecule has 1 amide bonds. The highest BCUT2D eigenvalue weighted by molar-refractivity contribution is 5.85. The Balaban J connectivity index is 0.00000200. The number of nitrogens with zero attached hydrogens (tertiary/aromatic N) is 1. The summed E-state index contributed by atoms with van der Waals surface area (Å²) in [5, 5.41) is 3.36. The third kappa shape index (κ3) is 4.18. The van der Waals surface area contributed by atoms with E-state index in [9.17, 15) is 9.18 Å². The fraction of sp³-hybridized carbons (Fsp3) is 0.533. The van der Waals surface area contributed by atoms with Crippen LogP contribution in [0.4, 0.5) is 4.39 Å². The van der Waals surface area contributed by atoms with Gasteiger partial charge in [0, 0.05) is 31.6 Å². The number of halogens is 2. The molecule has 0 aliphatic carbocycles. The summed E-state index contributed by atoms with van der Waals surface area (Å²) in [4.78, 5) is 14.2. The van der Waals surface area contributed by atoms with Gasteiger partial charge in [-0.05, 0) is 38.0 Å². The van der Waals surface area contributed by atoms with Crippen molar-refractivity contribution in [3.05, 3.63) is 35.6 Å². The van der Waals surface area contributed by atoms with E-state index in [0.29, 0.717) is 18.9 Å². The molecule has 5 heteroatoms. The Labute approximate surface area is 125 Å². The van der Waals surface area contributed by atoms with Gasteiger partial charge in [-0.15, -0.1) is 12.4 Å². The van der Waals surface area contributed by atoms with Gasteiger partial charge in [0.25, 0.3) is 0 Å². The molecular formula is C15H22ClFN2O. The molecule has 112 valence electrons. The summed E-state index contributed by atoms with van der Waals surface area (Å²) < 4.78 is 12.8. The van der Waals surface area contributed by atoms with Gasteiger partial charge >= 0.3 is 0 Å². The third-order valence-corrected chi connectivity index (χ3v) is 3.90. The van der Waals surface area contributed by atoms with Crippen LogP contribution in [0.2, 0.25) is 0 Å². The molecule has 0 saturated carbocycles. The molecule has 1 N–H and O–H groups in total. The van der Waals surface area contributed by atoms with Crippen LogP contribution in [0.1, 0.15) is 25.8 Å². The summed E-state index contributed by atoms with van der Waals surface area (Å²) in [6, 6.07) is 6.93. The van der Waals surface area contributed by atoms with Gasteiger partial charge in [0.05, 0.1) is 0 Å². The van der Waals surface area contributed by atoms with E-state index in [4.69, 9.17) is 0 Å². The topological polar surface area (TPSA) is 32.3 Å². The average molecular weight is 301 g/mol. The largest absolute Gasteiger partial charge is 0.337 e. The van der Waals surface area contributed by atoms with E-state index in [1.165, 1.54) is 12.1 Å². The first-order valence-electron chi connectivity index (χ1n) is 6.85. The molecule has 2 unspecified atom stereocenters. The third-order valence-electron chi connectivity index (χ3n) is 3.90. The first-order valence-corrected chi connectivity index (χ1v) is 6.85. The molecule has 0 aromatic heterocycles. The number of piperazine rings is 1. The smallest absolute Gasteiger partial charge is 0.223 e. The molecule has 0 radical (unpaired) electrons. The Morgan fingerprint density at radius 1 is 1.35 bits per heavy atom. The Hall–Kier alpha value is -1.13. The maximum absolute atomic E-state index is 12.8. The zero-order valence-corrected chi connectivity index (χ0v) is 12.8. The molecule has 1 aliphatic heterocycles. The fourth-order valence-corrected chi connectivity index (χ4v) is 2.45. The van der Waals surface area contributed by atoms with Gasteiger partial charge in [-0.2, -0.15) is 0 Å². The molecule has 3 nitrogen and oxygen atoms in total. The van der Waals surface area contributed by atoms with E-state index in [-0.39, 0.29) is 30.2 Å². The molecule has 1 fully saturated rings. The number of hydrogen-bond donors (Lipinski definition) is 1. The molecule has 2 rings (SSSR count). The second kappa shape index (κ2) is 7.60. The predicted octanol–water partition coefficient (Wildman–Crippen LogP) is 2.39. The van der Waals surface area contributed by atoms with Crippen molar-refractivity contribution in [2.45, 2.75) is 38.8 Å². The van der Waals surface area contributed by atoms with Gasteiger partial charge in [0.2, 0.25) is 5.91 Å². The Kier molecular flexibility index (Phi) is 6.43. The predicted molar refractivity (Wildman–Crippen MR) is 80.6 cm³/mol. The summed E-state index contributed by atoms with van der Waals surface area (Å²) in [7, 11) is 0. The molecule has 0 bridgehead atoms. The monoisotopic (exact) mass is 300 g/mol. The van der Waals surface area contributed by atoms with E-state index in [1.54, 1.807) is 12.1 Å². The van der Waals surface area contributed by atoms with Crippen molar-refractivity contribution >= 4 is 18.3 Å². The van der Waals surface area contributed by atoms with Crippen molar-refractivity contribution in [2.24, 2.45) is 0 Å². The second-order valence-corrected chi connectivity index (χ2v) is 5.20. The molecule has 1 aromatic rings. The number of benzene rings is 1. The van der Waals surface area contributed by atoms with E-state index in [0.717, 1.165) is 18.7 Å². The van der Waals surface area contributed by atoms with Crippen molar-refractivity contribution in [1.82, 2.24) is 10.2 Å². The molecule has 20 heavy (non-hydrogen) atoms. The lowest BCUT2D eigenvalue weighted by atomic mass is 10.0. The minimum absolute atomic E-state index is 0. The van der Waals surface area contributed by atoms with Crippen LogP contribution in [0.15, 0.2) is 24.3 Å². The van der Waals surface area contributed by atoms with Crippen LogP contribution in [0.5, 0.6) is 0 Å². The highest BCUT2D eigenvalue weighted by Gasteiger charge is 2.27. The van der Waals surface area contributed by atoms with Crippen LogP contribution in [-0.4, -0.2) is 36.0 Å². The van der Waals surface area contributed by atoms with Gasteiger partial charge in [-0.25, -0.2) is 4.39 Å². The lowest BCUT2D eigenvalue weighted by Gasteiger charge is -2.38. The van der Waals surface area contributed by atoms with Gasteiger partial charge in [0.15, 0.2) is 0 Å². The van der Waals surface area contributed by atoms with Crippen molar-refractivity contribution in [1.29, 1.82) is 0 Å². The molecule has 1 aromatic carbocycles. The van der Waals surface area contributed by atoms with Crippen molar-refractivity contribution in [3.63, 3.8) is 0 Å². The van der Waals surface area contributed by atoms with Crippen LogP contribution in [-0.2, 0) is 11.2 Å². The maximum Gasteiger partial charge on any atom is 0.223 e. The Morgan fingerprint density at radius 2 is 2.00 bits per heavy atom. The SMILES string of the molecule is CC1NCCN(C(=O)CCc2ccc(F)cc2)C1C.Cl. The number of aryl methyl sites for hydroxylation is 1. The van der Waals surface area contributed by atoms with Gasteiger partial charge in [-0.3, -0.25) is 4.79 Å². The number of nitrogens with one attached hydrogen (secondary N) is 1. The molecular weight excluding hydrogens is 279 g/mol. The number of carbonyl (C=O) groups is 1. The second-order valence-electron chi connectivity index (χ2n) is 5.20. The zero-order chi connectivity index (χ0) is 13.8. The summed E-state index contributed by atoms with van der Waals surface area (Å²) >= 11 is 0. The summed E-state index contributed by atoms with van der Waals surface area (Å²) in [5.74, 6) is -0.0511.